The fraction of sp³-hybridized carbons (Fsp3) is 0.190. The van der Waals surface area contributed by atoms with Crippen LogP contribution >= 0.6 is 0 Å². The quantitative estimate of drug-likeness (QED) is 0.550. The van der Waals surface area contributed by atoms with E-state index in [4.69, 9.17) is 4.52 Å². The van der Waals surface area contributed by atoms with Gasteiger partial charge in [-0.1, -0.05) is 32.0 Å². The number of hydrogen-bond donors (Lipinski definition) is 3. The maximum absolute atomic E-state index is 13.7. The number of benzene rings is 2. The highest BCUT2D eigenvalue weighted by Gasteiger charge is 2.20. The lowest BCUT2D eigenvalue weighted by atomic mass is 9.93. The zero-order chi connectivity index (χ0) is 21.9. The van der Waals surface area contributed by atoms with Crippen LogP contribution in [0.1, 0.15) is 36.9 Å². The normalized spacial score (nSPS) is 11.1. The first-order valence-electron chi connectivity index (χ1n) is 9.04. The zero-order valence-electron chi connectivity index (χ0n) is 16.5. The van der Waals surface area contributed by atoms with Crippen molar-refractivity contribution < 1.29 is 22.9 Å². The Morgan fingerprint density at radius 2 is 1.47 bits per heavy atom. The third kappa shape index (κ3) is 4.99. The number of nitrogens with zero attached hydrogens (tertiary/aromatic N) is 1. The first kappa shape index (κ1) is 21.0. The van der Waals surface area contributed by atoms with Gasteiger partial charge in [-0.05, 0) is 36.4 Å². The minimum atomic E-state index is -0.954. The van der Waals surface area contributed by atoms with Gasteiger partial charge >= 0.3 is 6.03 Å². The maximum atomic E-state index is 13.7. The molecule has 3 N–H and O–H groups in total. The van der Waals surface area contributed by atoms with Crippen LogP contribution in [0.25, 0.3) is 0 Å². The van der Waals surface area contributed by atoms with Crippen molar-refractivity contribution in [2.75, 3.05) is 16.0 Å². The Bertz CT molecular complexity index is 1050. The predicted octanol–water partition coefficient (Wildman–Crippen LogP) is 5.15. The molecule has 30 heavy (non-hydrogen) atoms. The van der Waals surface area contributed by atoms with Crippen LogP contribution in [-0.4, -0.2) is 17.1 Å². The standard InChI is InChI=1S/C21H20F2N4O3/c1-21(2,3)16-11-17(27-30-16)26-20(29)25-13-9-7-12(8-10-13)24-19(28)18-14(22)5-4-6-15(18)23/h4-11H,1-3H3,(H,24,28)(H2,25,26,27,29). The first-order valence-corrected chi connectivity index (χ1v) is 9.04. The van der Waals surface area contributed by atoms with E-state index in [2.05, 4.69) is 21.1 Å². The number of urea groups is 1. The van der Waals surface area contributed by atoms with Gasteiger partial charge in [0.05, 0.1) is 0 Å². The van der Waals surface area contributed by atoms with Gasteiger partial charge < -0.3 is 15.2 Å². The van der Waals surface area contributed by atoms with Crippen LogP contribution in [-0.2, 0) is 5.41 Å². The van der Waals surface area contributed by atoms with Gasteiger partial charge in [0, 0.05) is 22.9 Å². The molecule has 0 saturated heterocycles. The second-order valence-corrected chi connectivity index (χ2v) is 7.53. The lowest BCUT2D eigenvalue weighted by Gasteiger charge is -2.12. The summed E-state index contributed by atoms with van der Waals surface area (Å²) in [5, 5.41) is 11.4. The van der Waals surface area contributed by atoms with Crippen LogP contribution in [0.15, 0.2) is 53.1 Å². The highest BCUT2D eigenvalue weighted by molar-refractivity contribution is 6.05. The third-order valence-electron chi connectivity index (χ3n) is 4.08. The average Bonchev–Trinajstić information content (AvgIpc) is 3.12. The molecule has 3 aromatic rings. The van der Waals surface area contributed by atoms with Crippen molar-refractivity contribution in [2.45, 2.75) is 26.2 Å². The van der Waals surface area contributed by atoms with Gasteiger partial charge in [0.25, 0.3) is 5.91 Å². The summed E-state index contributed by atoms with van der Waals surface area (Å²) in [6.45, 7) is 5.87. The number of halogens is 2. The predicted molar refractivity (Wildman–Crippen MR) is 109 cm³/mol. The topological polar surface area (TPSA) is 96.3 Å². The van der Waals surface area contributed by atoms with Gasteiger partial charge in [-0.2, -0.15) is 0 Å². The molecular weight excluding hydrogens is 394 g/mol. The highest BCUT2D eigenvalue weighted by atomic mass is 19.1. The molecule has 0 unspecified atom stereocenters. The van der Waals surface area contributed by atoms with Gasteiger partial charge in [-0.15, -0.1) is 0 Å². The fourth-order valence-corrected chi connectivity index (χ4v) is 2.51. The van der Waals surface area contributed by atoms with Crippen molar-refractivity contribution >= 4 is 29.1 Å². The molecule has 7 nitrogen and oxygen atoms in total. The lowest BCUT2D eigenvalue weighted by molar-refractivity contribution is 0.101. The summed E-state index contributed by atoms with van der Waals surface area (Å²) in [5.74, 6) is -1.92. The Labute approximate surface area is 171 Å². The second kappa shape index (κ2) is 8.32. The van der Waals surface area contributed by atoms with Crippen LogP contribution < -0.4 is 16.0 Å². The summed E-state index contributed by atoms with van der Waals surface area (Å²) in [5.41, 5.74) is -0.168. The molecule has 1 heterocycles. The van der Waals surface area contributed by atoms with Crippen molar-refractivity contribution in [1.29, 1.82) is 0 Å². The number of anilines is 3. The first-order chi connectivity index (χ1) is 14.1. The average molecular weight is 414 g/mol. The molecular formula is C21H20F2N4O3. The van der Waals surface area contributed by atoms with Gasteiger partial charge in [-0.3, -0.25) is 10.1 Å². The summed E-state index contributed by atoms with van der Waals surface area (Å²) in [6, 6.07) is 10.3. The van der Waals surface area contributed by atoms with Gasteiger partial charge in [0.1, 0.15) is 23.0 Å². The Balaban J connectivity index is 1.60. The molecule has 0 bridgehead atoms. The van der Waals surface area contributed by atoms with Crippen molar-refractivity contribution in [1.82, 2.24) is 5.16 Å². The molecule has 0 radical (unpaired) electrons. The van der Waals surface area contributed by atoms with Crippen LogP contribution in [0, 0.1) is 11.6 Å². The molecule has 3 amide bonds. The Morgan fingerprint density at radius 1 is 0.900 bits per heavy atom. The summed E-state index contributed by atoms with van der Waals surface area (Å²) in [6.07, 6.45) is 0. The van der Waals surface area contributed by atoms with E-state index in [0.717, 1.165) is 12.1 Å². The Morgan fingerprint density at radius 3 is 2.00 bits per heavy atom. The van der Waals surface area contributed by atoms with E-state index < -0.39 is 29.1 Å². The number of carbonyl (C=O) groups excluding carboxylic acids is 2. The maximum Gasteiger partial charge on any atom is 0.324 e. The number of carbonyl (C=O) groups is 2. The minimum absolute atomic E-state index is 0.241. The third-order valence-corrected chi connectivity index (χ3v) is 4.08. The molecule has 0 atom stereocenters. The number of nitrogens with one attached hydrogen (secondary N) is 3. The van der Waals surface area contributed by atoms with Crippen LogP contribution in [0.3, 0.4) is 0 Å². The second-order valence-electron chi connectivity index (χ2n) is 7.53. The van der Waals surface area contributed by atoms with E-state index in [1.165, 1.54) is 30.3 Å². The minimum Gasteiger partial charge on any atom is -0.359 e. The molecule has 156 valence electrons. The van der Waals surface area contributed by atoms with E-state index in [0.29, 0.717) is 17.1 Å². The van der Waals surface area contributed by atoms with Gasteiger partial charge in [-0.25, -0.2) is 13.6 Å². The van der Waals surface area contributed by atoms with Crippen LogP contribution in [0.5, 0.6) is 0 Å². The summed E-state index contributed by atoms with van der Waals surface area (Å²) >= 11 is 0. The molecule has 0 aliphatic carbocycles. The van der Waals surface area contributed by atoms with E-state index >= 15 is 0 Å². The van der Waals surface area contributed by atoms with E-state index in [9.17, 15) is 18.4 Å². The largest absolute Gasteiger partial charge is 0.359 e. The summed E-state index contributed by atoms with van der Waals surface area (Å²) in [4.78, 5) is 24.2. The van der Waals surface area contributed by atoms with E-state index in [1.807, 2.05) is 20.8 Å². The lowest BCUT2D eigenvalue weighted by Crippen LogP contribution is -2.19. The summed E-state index contributed by atoms with van der Waals surface area (Å²) in [7, 11) is 0. The molecule has 0 aliphatic rings. The monoisotopic (exact) mass is 414 g/mol. The number of aromatic nitrogens is 1. The number of amides is 3. The van der Waals surface area contributed by atoms with Gasteiger partial charge in [0.2, 0.25) is 0 Å². The molecule has 0 saturated carbocycles. The molecule has 9 heteroatoms. The van der Waals surface area contributed by atoms with E-state index in [-0.39, 0.29) is 11.2 Å². The van der Waals surface area contributed by atoms with Crippen molar-refractivity contribution in [3.63, 3.8) is 0 Å². The van der Waals surface area contributed by atoms with Crippen molar-refractivity contribution in [2.24, 2.45) is 0 Å². The van der Waals surface area contributed by atoms with Crippen molar-refractivity contribution in [3.05, 3.63) is 71.5 Å². The molecule has 1 aromatic heterocycles. The highest BCUT2D eigenvalue weighted by Crippen LogP contribution is 2.24. The van der Waals surface area contributed by atoms with Gasteiger partial charge in [0.15, 0.2) is 5.82 Å². The molecule has 0 fully saturated rings. The fourth-order valence-electron chi connectivity index (χ4n) is 2.51. The SMILES string of the molecule is CC(C)(C)c1cc(NC(=O)Nc2ccc(NC(=O)c3c(F)cccc3F)cc2)no1. The Hall–Kier alpha value is -3.75. The number of hydrogen-bond acceptors (Lipinski definition) is 4. The van der Waals surface area contributed by atoms with E-state index in [1.54, 1.807) is 6.07 Å². The molecule has 0 aliphatic heterocycles. The molecule has 0 spiro atoms. The van der Waals surface area contributed by atoms with Crippen LogP contribution in [0.4, 0.5) is 30.8 Å². The molecule has 2 aromatic carbocycles. The smallest absolute Gasteiger partial charge is 0.324 e. The van der Waals surface area contributed by atoms with Crippen LogP contribution in [0.2, 0.25) is 0 Å². The summed E-state index contributed by atoms with van der Waals surface area (Å²) < 4.78 is 32.6. The van der Waals surface area contributed by atoms with Crippen molar-refractivity contribution in [3.8, 4) is 0 Å². The number of rotatable bonds is 4. The zero-order valence-corrected chi connectivity index (χ0v) is 16.5. The Kier molecular flexibility index (Phi) is 5.81. The molecule has 3 rings (SSSR count).